The first-order valence-electron chi connectivity index (χ1n) is 7.25. The minimum atomic E-state index is -3.32. The van der Waals surface area contributed by atoms with Crippen molar-refractivity contribution in [1.29, 1.82) is 0 Å². The van der Waals surface area contributed by atoms with E-state index in [1.807, 2.05) is 11.8 Å². The molecule has 2 rings (SSSR count). The zero-order chi connectivity index (χ0) is 15.5. The molecular weight excluding hydrogens is 290 g/mol. The quantitative estimate of drug-likeness (QED) is 0.902. The Labute approximate surface area is 125 Å². The van der Waals surface area contributed by atoms with Crippen LogP contribution in [0.15, 0.2) is 29.2 Å². The lowest BCUT2D eigenvalue weighted by Gasteiger charge is -2.33. The van der Waals surface area contributed by atoms with Gasteiger partial charge in [0.05, 0.1) is 22.3 Å². The van der Waals surface area contributed by atoms with Gasteiger partial charge >= 0.3 is 5.97 Å². The summed E-state index contributed by atoms with van der Waals surface area (Å²) in [6.45, 7) is 2.90. The molecular formula is C15H21NO4S. The Bertz CT molecular complexity index is 612. The highest BCUT2D eigenvalue weighted by Crippen LogP contribution is 2.30. The van der Waals surface area contributed by atoms with Crippen LogP contribution in [0.5, 0.6) is 0 Å². The van der Waals surface area contributed by atoms with Crippen molar-refractivity contribution in [3.8, 4) is 0 Å². The molecule has 0 amide bonds. The third-order valence-corrected chi connectivity index (χ3v) is 5.75. The van der Waals surface area contributed by atoms with Crippen LogP contribution in [0.4, 0.5) is 5.69 Å². The molecule has 1 fully saturated rings. The highest BCUT2D eigenvalue weighted by molar-refractivity contribution is 7.91. The molecule has 1 aromatic carbocycles. The number of rotatable bonds is 5. The van der Waals surface area contributed by atoms with Gasteiger partial charge in [0.1, 0.15) is 0 Å². The van der Waals surface area contributed by atoms with Gasteiger partial charge in [-0.3, -0.25) is 4.79 Å². The molecule has 0 saturated carbocycles. The highest BCUT2D eigenvalue weighted by Gasteiger charge is 2.28. The van der Waals surface area contributed by atoms with Gasteiger partial charge in [-0.1, -0.05) is 19.1 Å². The van der Waals surface area contributed by atoms with E-state index in [1.165, 1.54) is 0 Å². The Morgan fingerprint density at radius 1 is 1.38 bits per heavy atom. The molecule has 1 unspecified atom stereocenters. The van der Waals surface area contributed by atoms with Gasteiger partial charge in [0.25, 0.3) is 0 Å². The minimum Gasteiger partial charge on any atom is -0.481 e. The maximum atomic E-state index is 12.4. The number of benzene rings is 1. The number of carboxylic acid groups (broad SMARTS) is 1. The molecule has 1 aliphatic heterocycles. The molecule has 0 aromatic heterocycles. The lowest BCUT2D eigenvalue weighted by molar-refractivity contribution is -0.141. The Kier molecular flexibility index (Phi) is 4.88. The summed E-state index contributed by atoms with van der Waals surface area (Å²) in [4.78, 5) is 13.4. The summed E-state index contributed by atoms with van der Waals surface area (Å²) in [6.07, 6.45) is 1.98. The van der Waals surface area contributed by atoms with Gasteiger partial charge in [-0.05, 0) is 31.4 Å². The minimum absolute atomic E-state index is 0.111. The Hall–Kier alpha value is -1.56. The lowest BCUT2D eigenvalue weighted by Crippen LogP contribution is -2.39. The summed E-state index contributed by atoms with van der Waals surface area (Å²) in [5.41, 5.74) is 0.636. The molecule has 0 aliphatic carbocycles. The van der Waals surface area contributed by atoms with E-state index in [-0.39, 0.29) is 5.75 Å². The number of nitrogens with zero attached hydrogens (tertiary/aromatic N) is 1. The number of carbonyl (C=O) groups is 1. The summed E-state index contributed by atoms with van der Waals surface area (Å²) < 4.78 is 24.7. The van der Waals surface area contributed by atoms with E-state index in [4.69, 9.17) is 0 Å². The van der Waals surface area contributed by atoms with E-state index in [9.17, 15) is 18.3 Å². The van der Waals surface area contributed by atoms with E-state index in [0.29, 0.717) is 36.5 Å². The fourth-order valence-electron chi connectivity index (χ4n) is 2.76. The second-order valence-electron chi connectivity index (χ2n) is 5.41. The molecule has 5 nitrogen and oxygen atoms in total. The van der Waals surface area contributed by atoms with Crippen LogP contribution in [0.25, 0.3) is 0 Å². The lowest BCUT2D eigenvalue weighted by atomic mass is 9.98. The predicted molar refractivity (Wildman–Crippen MR) is 81.4 cm³/mol. The number of hydrogen-bond acceptors (Lipinski definition) is 4. The van der Waals surface area contributed by atoms with Crippen molar-refractivity contribution in [2.24, 2.45) is 5.92 Å². The zero-order valence-electron chi connectivity index (χ0n) is 12.2. The molecule has 1 saturated heterocycles. The average Bonchev–Trinajstić information content (AvgIpc) is 2.47. The summed E-state index contributed by atoms with van der Waals surface area (Å²) in [5, 5.41) is 9.17. The molecule has 1 aliphatic rings. The third kappa shape index (κ3) is 3.56. The van der Waals surface area contributed by atoms with Crippen molar-refractivity contribution in [1.82, 2.24) is 0 Å². The SMILES string of the molecule is CCCS(=O)(=O)c1ccccc1N1CCCC(C(=O)O)C1. The number of anilines is 1. The van der Waals surface area contributed by atoms with Gasteiger partial charge < -0.3 is 10.0 Å². The van der Waals surface area contributed by atoms with Gasteiger partial charge in [0.2, 0.25) is 0 Å². The van der Waals surface area contributed by atoms with Crippen LogP contribution in [0.3, 0.4) is 0 Å². The molecule has 6 heteroatoms. The predicted octanol–water partition coefficient (Wildman–Crippen LogP) is 2.17. The van der Waals surface area contributed by atoms with Crippen LogP contribution in [-0.4, -0.2) is 38.3 Å². The average molecular weight is 311 g/mol. The van der Waals surface area contributed by atoms with Crippen LogP contribution in [0.1, 0.15) is 26.2 Å². The second kappa shape index (κ2) is 6.47. The number of carboxylic acids is 1. The molecule has 0 bridgehead atoms. The fourth-order valence-corrected chi connectivity index (χ4v) is 4.32. The normalized spacial score (nSPS) is 19.5. The number of sulfone groups is 1. The van der Waals surface area contributed by atoms with Gasteiger partial charge in [-0.25, -0.2) is 8.42 Å². The van der Waals surface area contributed by atoms with Gasteiger partial charge in [-0.2, -0.15) is 0 Å². The smallest absolute Gasteiger partial charge is 0.308 e. The molecule has 0 spiro atoms. The molecule has 0 radical (unpaired) electrons. The first-order valence-corrected chi connectivity index (χ1v) is 8.90. The van der Waals surface area contributed by atoms with Crippen LogP contribution in [0, 0.1) is 5.92 Å². The van der Waals surface area contributed by atoms with Crippen molar-refractivity contribution in [3.05, 3.63) is 24.3 Å². The summed E-state index contributed by atoms with van der Waals surface area (Å²) >= 11 is 0. The molecule has 1 N–H and O–H groups in total. The van der Waals surface area contributed by atoms with Crippen molar-refractivity contribution >= 4 is 21.5 Å². The molecule has 1 atom stereocenters. The summed E-state index contributed by atoms with van der Waals surface area (Å²) in [5.74, 6) is -1.13. The Morgan fingerprint density at radius 2 is 2.10 bits per heavy atom. The maximum Gasteiger partial charge on any atom is 0.308 e. The number of para-hydroxylation sites is 1. The van der Waals surface area contributed by atoms with E-state index in [2.05, 4.69) is 0 Å². The Balaban J connectivity index is 2.34. The van der Waals surface area contributed by atoms with E-state index in [0.717, 1.165) is 6.42 Å². The first kappa shape index (κ1) is 15.8. The van der Waals surface area contributed by atoms with Crippen molar-refractivity contribution in [2.45, 2.75) is 31.1 Å². The third-order valence-electron chi connectivity index (χ3n) is 3.78. The van der Waals surface area contributed by atoms with Crippen molar-refractivity contribution < 1.29 is 18.3 Å². The van der Waals surface area contributed by atoms with Crippen molar-refractivity contribution in [2.75, 3.05) is 23.7 Å². The summed E-state index contributed by atoms with van der Waals surface area (Å²) in [6, 6.07) is 6.90. The largest absolute Gasteiger partial charge is 0.481 e. The molecule has 1 heterocycles. The highest BCUT2D eigenvalue weighted by atomic mass is 32.2. The zero-order valence-corrected chi connectivity index (χ0v) is 13.0. The fraction of sp³-hybridized carbons (Fsp3) is 0.533. The van der Waals surface area contributed by atoms with Gasteiger partial charge in [0.15, 0.2) is 9.84 Å². The van der Waals surface area contributed by atoms with Gasteiger partial charge in [0, 0.05) is 13.1 Å². The molecule has 1 aromatic rings. The van der Waals surface area contributed by atoms with Gasteiger partial charge in [-0.15, -0.1) is 0 Å². The number of aliphatic carboxylic acids is 1. The second-order valence-corrected chi connectivity index (χ2v) is 7.49. The van der Waals surface area contributed by atoms with E-state index < -0.39 is 21.7 Å². The topological polar surface area (TPSA) is 74.7 Å². The van der Waals surface area contributed by atoms with Crippen LogP contribution in [-0.2, 0) is 14.6 Å². The van der Waals surface area contributed by atoms with Crippen molar-refractivity contribution in [3.63, 3.8) is 0 Å². The Morgan fingerprint density at radius 3 is 2.76 bits per heavy atom. The molecule has 116 valence electrons. The van der Waals surface area contributed by atoms with Crippen LogP contribution < -0.4 is 4.90 Å². The molecule has 21 heavy (non-hydrogen) atoms. The standard InChI is InChI=1S/C15H21NO4S/c1-2-10-21(19,20)14-8-4-3-7-13(14)16-9-5-6-12(11-16)15(17)18/h3-4,7-8,12H,2,5-6,9-11H2,1H3,(H,17,18). The first-order chi connectivity index (χ1) is 9.95. The van der Waals surface area contributed by atoms with Crippen LogP contribution >= 0.6 is 0 Å². The monoisotopic (exact) mass is 311 g/mol. The van der Waals surface area contributed by atoms with Crippen LogP contribution in [0.2, 0.25) is 0 Å². The number of hydrogen-bond donors (Lipinski definition) is 1. The maximum absolute atomic E-state index is 12.4. The number of piperidine rings is 1. The summed E-state index contributed by atoms with van der Waals surface area (Å²) in [7, 11) is -3.32. The van der Waals surface area contributed by atoms with E-state index in [1.54, 1.807) is 24.3 Å². The van der Waals surface area contributed by atoms with E-state index >= 15 is 0 Å².